The molecule has 0 heterocycles. The normalized spacial score (nSPS) is 10.6. The van der Waals surface area contributed by atoms with Gasteiger partial charge < -0.3 is 16.2 Å². The average Bonchev–Trinajstić information content (AvgIpc) is 2.53. The Kier molecular flexibility index (Phi) is 3.47. The third-order valence-corrected chi connectivity index (χ3v) is 3.74. The van der Waals surface area contributed by atoms with E-state index in [1.54, 1.807) is 7.11 Å². The van der Waals surface area contributed by atoms with E-state index in [1.165, 1.54) is 0 Å². The number of fused-ring (bicyclic) bond motifs is 1. The predicted octanol–water partition coefficient (Wildman–Crippen LogP) is 4.03. The highest BCUT2D eigenvalue weighted by Gasteiger charge is 2.08. The smallest absolute Gasteiger partial charge is 0.128 e. The Morgan fingerprint density at radius 3 is 2.27 bits per heavy atom. The van der Waals surface area contributed by atoms with Crippen molar-refractivity contribution in [3.8, 4) is 16.9 Å². The van der Waals surface area contributed by atoms with Crippen LogP contribution in [0.1, 0.15) is 5.56 Å². The van der Waals surface area contributed by atoms with E-state index < -0.39 is 0 Å². The summed E-state index contributed by atoms with van der Waals surface area (Å²) in [4.78, 5) is 0. The zero-order chi connectivity index (χ0) is 15.7. The Morgan fingerprint density at radius 2 is 1.55 bits per heavy atom. The molecule has 0 unspecified atom stereocenters. The zero-order valence-electron chi connectivity index (χ0n) is 12.5. The first-order chi connectivity index (χ1) is 10.6. The second kappa shape index (κ2) is 5.45. The number of nitrogen functional groups attached to an aromatic ring is 1. The van der Waals surface area contributed by atoms with Crippen LogP contribution in [0.5, 0.6) is 5.75 Å². The molecule has 0 saturated carbocycles. The van der Waals surface area contributed by atoms with Crippen molar-refractivity contribution in [1.82, 2.24) is 0 Å². The molecule has 0 atom stereocenters. The molecule has 22 heavy (non-hydrogen) atoms. The van der Waals surface area contributed by atoms with Gasteiger partial charge in [0, 0.05) is 16.9 Å². The maximum atomic E-state index is 5.86. The van der Waals surface area contributed by atoms with Crippen molar-refractivity contribution in [3.05, 3.63) is 66.7 Å². The van der Waals surface area contributed by atoms with Gasteiger partial charge in [0.15, 0.2) is 0 Å². The molecule has 0 amide bonds. The molecule has 3 heteroatoms. The van der Waals surface area contributed by atoms with Gasteiger partial charge in [-0.2, -0.15) is 0 Å². The monoisotopic (exact) mass is 290 g/mol. The summed E-state index contributed by atoms with van der Waals surface area (Å²) in [7, 11) is 1.63. The van der Waals surface area contributed by atoms with E-state index in [9.17, 15) is 0 Å². The minimum Gasteiger partial charge on any atom is -0.496 e. The summed E-state index contributed by atoms with van der Waals surface area (Å²) < 4.78 is 5.33. The summed E-state index contributed by atoms with van der Waals surface area (Å²) in [5.74, 6) is 0.727. The van der Waals surface area contributed by atoms with Gasteiger partial charge in [0.2, 0.25) is 0 Å². The Hall–Kier alpha value is -2.94. The minimum absolute atomic E-state index is 0.493. The first-order valence-corrected chi connectivity index (χ1v) is 7.01. The minimum atomic E-state index is 0.493. The number of hydrogen-bond acceptors (Lipinski definition) is 3. The highest BCUT2D eigenvalue weighted by Crippen LogP contribution is 2.31. The third-order valence-electron chi connectivity index (χ3n) is 3.74. The SMILES string of the molecule is C=C(N)c1cc(-c2ccc3cc(N)ccc3c2)ccc1OC. The van der Waals surface area contributed by atoms with Gasteiger partial charge in [0.05, 0.1) is 7.11 Å². The van der Waals surface area contributed by atoms with Crippen LogP contribution in [0.2, 0.25) is 0 Å². The van der Waals surface area contributed by atoms with Crippen LogP contribution >= 0.6 is 0 Å². The quantitative estimate of drug-likeness (QED) is 0.716. The summed E-state index contributed by atoms with van der Waals surface area (Å²) in [6, 6.07) is 18.1. The topological polar surface area (TPSA) is 61.3 Å². The van der Waals surface area contributed by atoms with Crippen LogP contribution < -0.4 is 16.2 Å². The first-order valence-electron chi connectivity index (χ1n) is 7.01. The van der Waals surface area contributed by atoms with Crippen LogP contribution in [0.15, 0.2) is 61.2 Å². The first kappa shape index (κ1) is 14.0. The van der Waals surface area contributed by atoms with Crippen molar-refractivity contribution in [2.24, 2.45) is 5.73 Å². The molecule has 3 aromatic carbocycles. The van der Waals surface area contributed by atoms with Crippen LogP contribution in [0.3, 0.4) is 0 Å². The Bertz CT molecular complexity index is 868. The number of ether oxygens (including phenoxy) is 1. The molecule has 0 fully saturated rings. The molecule has 3 rings (SSSR count). The summed E-state index contributed by atoms with van der Waals surface area (Å²) in [5.41, 5.74) is 15.9. The molecule has 0 radical (unpaired) electrons. The molecule has 3 nitrogen and oxygen atoms in total. The molecule has 0 aliphatic heterocycles. The standard InChI is InChI=1S/C19H18N2O/c1-12(20)18-11-16(6-8-19(18)22-2)13-3-4-15-10-17(21)7-5-14(15)9-13/h3-11H,1,20-21H2,2H3. The van der Waals surface area contributed by atoms with Crippen LogP contribution in [0.25, 0.3) is 27.6 Å². The van der Waals surface area contributed by atoms with Gasteiger partial charge in [-0.25, -0.2) is 0 Å². The van der Waals surface area contributed by atoms with Crippen molar-refractivity contribution in [2.45, 2.75) is 0 Å². The molecule has 0 bridgehead atoms. The lowest BCUT2D eigenvalue weighted by Gasteiger charge is -2.11. The predicted molar refractivity (Wildman–Crippen MR) is 93.6 cm³/mol. The molecule has 4 N–H and O–H groups in total. The van der Waals surface area contributed by atoms with Gasteiger partial charge in [-0.15, -0.1) is 0 Å². The van der Waals surface area contributed by atoms with Gasteiger partial charge in [-0.1, -0.05) is 30.8 Å². The average molecular weight is 290 g/mol. The summed E-state index contributed by atoms with van der Waals surface area (Å²) in [6.07, 6.45) is 0. The lowest BCUT2D eigenvalue weighted by Crippen LogP contribution is -1.98. The fourth-order valence-electron chi connectivity index (χ4n) is 2.58. The largest absolute Gasteiger partial charge is 0.496 e. The zero-order valence-corrected chi connectivity index (χ0v) is 12.5. The van der Waals surface area contributed by atoms with Crippen molar-refractivity contribution in [3.63, 3.8) is 0 Å². The summed E-state index contributed by atoms with van der Waals surface area (Å²) >= 11 is 0. The van der Waals surface area contributed by atoms with Crippen molar-refractivity contribution < 1.29 is 4.74 Å². The van der Waals surface area contributed by atoms with Crippen LogP contribution in [0.4, 0.5) is 5.69 Å². The Balaban J connectivity index is 2.12. The number of benzene rings is 3. The molecule has 0 aliphatic carbocycles. The van der Waals surface area contributed by atoms with Crippen LogP contribution in [0, 0.1) is 0 Å². The Labute approximate surface area is 129 Å². The molecular weight excluding hydrogens is 272 g/mol. The van der Waals surface area contributed by atoms with Crippen LogP contribution in [-0.2, 0) is 0 Å². The van der Waals surface area contributed by atoms with E-state index in [4.69, 9.17) is 16.2 Å². The van der Waals surface area contributed by atoms with Crippen LogP contribution in [-0.4, -0.2) is 7.11 Å². The van der Waals surface area contributed by atoms with E-state index in [0.29, 0.717) is 5.70 Å². The van der Waals surface area contributed by atoms with Gasteiger partial charge in [-0.3, -0.25) is 0 Å². The van der Waals surface area contributed by atoms with E-state index in [0.717, 1.165) is 38.9 Å². The van der Waals surface area contributed by atoms with E-state index in [2.05, 4.69) is 24.8 Å². The fraction of sp³-hybridized carbons (Fsp3) is 0.0526. The van der Waals surface area contributed by atoms with E-state index in [1.807, 2.05) is 36.4 Å². The number of rotatable bonds is 3. The fourth-order valence-corrected chi connectivity index (χ4v) is 2.58. The van der Waals surface area contributed by atoms with E-state index >= 15 is 0 Å². The van der Waals surface area contributed by atoms with Gasteiger partial charge in [-0.05, 0) is 52.2 Å². The third kappa shape index (κ3) is 2.49. The lowest BCUT2D eigenvalue weighted by atomic mass is 9.98. The highest BCUT2D eigenvalue weighted by atomic mass is 16.5. The van der Waals surface area contributed by atoms with Gasteiger partial charge in [0.1, 0.15) is 5.75 Å². The van der Waals surface area contributed by atoms with Crippen molar-refractivity contribution >= 4 is 22.2 Å². The maximum absolute atomic E-state index is 5.86. The molecular formula is C19H18N2O. The number of methoxy groups -OCH3 is 1. The Morgan fingerprint density at radius 1 is 0.909 bits per heavy atom. The second-order valence-corrected chi connectivity index (χ2v) is 5.26. The van der Waals surface area contributed by atoms with E-state index in [-0.39, 0.29) is 0 Å². The molecule has 0 aromatic heterocycles. The van der Waals surface area contributed by atoms with Gasteiger partial charge >= 0.3 is 0 Å². The second-order valence-electron chi connectivity index (χ2n) is 5.26. The number of hydrogen-bond donors (Lipinski definition) is 2. The molecule has 0 aliphatic rings. The number of nitrogens with two attached hydrogens (primary N) is 2. The lowest BCUT2D eigenvalue weighted by molar-refractivity contribution is 0.413. The molecule has 110 valence electrons. The molecule has 0 spiro atoms. The van der Waals surface area contributed by atoms with Gasteiger partial charge in [0.25, 0.3) is 0 Å². The number of anilines is 1. The molecule has 0 saturated heterocycles. The maximum Gasteiger partial charge on any atom is 0.128 e. The van der Waals surface area contributed by atoms with Crippen molar-refractivity contribution in [1.29, 1.82) is 0 Å². The summed E-state index contributed by atoms with van der Waals surface area (Å²) in [6.45, 7) is 3.81. The molecule has 3 aromatic rings. The summed E-state index contributed by atoms with van der Waals surface area (Å²) in [5, 5.41) is 2.27. The van der Waals surface area contributed by atoms with Crippen molar-refractivity contribution in [2.75, 3.05) is 12.8 Å². The highest BCUT2D eigenvalue weighted by molar-refractivity contribution is 5.90.